The summed E-state index contributed by atoms with van der Waals surface area (Å²) in [5.41, 5.74) is 6.19. The first kappa shape index (κ1) is 13.8. The molecule has 0 aliphatic heterocycles. The van der Waals surface area contributed by atoms with Gasteiger partial charge in [0, 0.05) is 5.69 Å². The van der Waals surface area contributed by atoms with Gasteiger partial charge in [-0.05, 0) is 30.2 Å². The molecule has 15 heavy (non-hydrogen) atoms. The summed E-state index contributed by atoms with van der Waals surface area (Å²) in [6.45, 7) is 6.74. The Morgan fingerprint density at radius 1 is 1.13 bits per heavy atom. The van der Waals surface area contributed by atoms with Gasteiger partial charge in [-0.3, -0.25) is 0 Å². The van der Waals surface area contributed by atoms with Crippen LogP contribution >= 0.6 is 0 Å². The van der Waals surface area contributed by atoms with Crippen LogP contribution in [0.15, 0.2) is 24.3 Å². The van der Waals surface area contributed by atoms with Crippen molar-refractivity contribution in [3.8, 4) is 5.75 Å². The van der Waals surface area contributed by atoms with Gasteiger partial charge in [0.15, 0.2) is 0 Å². The fraction of sp³-hybridized carbons (Fsp3) is 0.538. The van der Waals surface area contributed by atoms with Gasteiger partial charge in [0.1, 0.15) is 5.75 Å². The molecule has 0 heterocycles. The molecule has 0 unspecified atom stereocenters. The Kier molecular flexibility index (Phi) is 7.51. The molecule has 0 amide bonds. The maximum absolute atomic E-state index is 5.43. The number of hydrogen-bond donors (Lipinski definition) is 1. The molecule has 0 aromatic heterocycles. The largest absolute Gasteiger partial charge is 0.497 e. The van der Waals surface area contributed by atoms with E-state index in [2.05, 4.69) is 20.8 Å². The van der Waals surface area contributed by atoms with Crippen LogP contribution < -0.4 is 10.5 Å². The predicted octanol–water partition coefficient (Wildman–Crippen LogP) is 3.72. The average molecular weight is 209 g/mol. The minimum atomic E-state index is 0.760. The average Bonchev–Trinajstić information content (AvgIpc) is 2.30. The van der Waals surface area contributed by atoms with Crippen molar-refractivity contribution in [2.45, 2.75) is 33.6 Å². The second-order valence-electron chi connectivity index (χ2n) is 3.69. The summed E-state index contributed by atoms with van der Waals surface area (Å²) < 4.78 is 4.91. The van der Waals surface area contributed by atoms with Crippen molar-refractivity contribution in [3.63, 3.8) is 0 Å². The van der Waals surface area contributed by atoms with Crippen LogP contribution in [-0.4, -0.2) is 7.11 Å². The van der Waals surface area contributed by atoms with Gasteiger partial charge in [0.05, 0.1) is 7.11 Å². The van der Waals surface area contributed by atoms with E-state index in [0.29, 0.717) is 0 Å². The summed E-state index contributed by atoms with van der Waals surface area (Å²) in [7, 11) is 1.63. The molecule has 0 atom stereocenters. The number of nitrogens with two attached hydrogens (primary N) is 1. The number of ether oxygens (including phenoxy) is 1. The molecule has 0 fully saturated rings. The summed E-state index contributed by atoms with van der Waals surface area (Å²) >= 11 is 0. The first-order valence-electron chi connectivity index (χ1n) is 5.53. The lowest BCUT2D eigenvalue weighted by Crippen LogP contribution is -1.85. The lowest BCUT2D eigenvalue weighted by Gasteiger charge is -1.98. The van der Waals surface area contributed by atoms with Crippen molar-refractivity contribution in [3.05, 3.63) is 24.3 Å². The third-order valence-electron chi connectivity index (χ3n) is 2.51. The van der Waals surface area contributed by atoms with Gasteiger partial charge in [0.25, 0.3) is 0 Å². The van der Waals surface area contributed by atoms with Crippen LogP contribution in [0.5, 0.6) is 5.75 Å². The topological polar surface area (TPSA) is 35.2 Å². The monoisotopic (exact) mass is 209 g/mol. The molecule has 0 saturated heterocycles. The van der Waals surface area contributed by atoms with Crippen LogP contribution in [0.1, 0.15) is 33.6 Å². The molecule has 0 spiro atoms. The Morgan fingerprint density at radius 3 is 1.87 bits per heavy atom. The van der Waals surface area contributed by atoms with Gasteiger partial charge >= 0.3 is 0 Å². The van der Waals surface area contributed by atoms with E-state index in [1.54, 1.807) is 19.2 Å². The van der Waals surface area contributed by atoms with Gasteiger partial charge < -0.3 is 10.5 Å². The minimum absolute atomic E-state index is 0.760. The zero-order chi connectivity index (χ0) is 11.7. The van der Waals surface area contributed by atoms with Crippen molar-refractivity contribution >= 4 is 5.69 Å². The lowest BCUT2D eigenvalue weighted by molar-refractivity contribution is 0.415. The molecule has 2 N–H and O–H groups in total. The molecule has 2 nitrogen and oxygen atoms in total. The number of hydrogen-bond acceptors (Lipinski definition) is 2. The fourth-order valence-corrected chi connectivity index (χ4v) is 0.893. The molecule has 0 radical (unpaired) electrons. The maximum atomic E-state index is 5.43. The van der Waals surface area contributed by atoms with Crippen molar-refractivity contribution in [2.24, 2.45) is 5.92 Å². The van der Waals surface area contributed by atoms with Gasteiger partial charge in [-0.2, -0.15) is 0 Å². The Balaban J connectivity index is 0.000000288. The SMILES string of the molecule is CCC(C)CC.COc1ccc(N)cc1. The van der Waals surface area contributed by atoms with Gasteiger partial charge in [0.2, 0.25) is 0 Å². The first-order valence-corrected chi connectivity index (χ1v) is 5.53. The third kappa shape index (κ3) is 6.83. The second kappa shape index (κ2) is 8.16. The fourth-order valence-electron chi connectivity index (χ4n) is 0.893. The molecule has 0 bridgehead atoms. The number of methoxy groups -OCH3 is 1. The van der Waals surface area contributed by atoms with E-state index in [0.717, 1.165) is 17.4 Å². The van der Waals surface area contributed by atoms with Crippen molar-refractivity contribution in [1.82, 2.24) is 0 Å². The Hall–Kier alpha value is -1.18. The molecular weight excluding hydrogens is 186 g/mol. The van der Waals surface area contributed by atoms with Crippen LogP contribution in [-0.2, 0) is 0 Å². The molecule has 1 aromatic rings. The molecule has 0 aliphatic rings. The molecular formula is C13H23NO. The standard InChI is InChI=1S/C7H9NO.C6H14/c1-9-7-4-2-6(8)3-5-7;1-4-6(3)5-2/h2-5H,8H2,1H3;6H,4-5H2,1-3H3. The lowest BCUT2D eigenvalue weighted by atomic mass is 10.1. The normalized spacial score (nSPS) is 9.40. The van der Waals surface area contributed by atoms with Crippen LogP contribution in [0.2, 0.25) is 0 Å². The highest BCUT2D eigenvalue weighted by Gasteiger charge is 1.88. The van der Waals surface area contributed by atoms with Crippen LogP contribution in [0.25, 0.3) is 0 Å². The number of rotatable bonds is 3. The Bertz CT molecular complexity index is 239. The molecule has 2 heteroatoms. The smallest absolute Gasteiger partial charge is 0.119 e. The number of benzene rings is 1. The summed E-state index contributed by atoms with van der Waals surface area (Å²) in [6.07, 6.45) is 2.66. The second-order valence-corrected chi connectivity index (χ2v) is 3.69. The Labute approximate surface area is 93.4 Å². The first-order chi connectivity index (χ1) is 7.13. The van der Waals surface area contributed by atoms with Gasteiger partial charge in [-0.25, -0.2) is 0 Å². The van der Waals surface area contributed by atoms with E-state index in [9.17, 15) is 0 Å². The summed E-state index contributed by atoms with van der Waals surface area (Å²) in [5, 5.41) is 0. The van der Waals surface area contributed by atoms with Gasteiger partial charge in [-0.1, -0.05) is 33.6 Å². The maximum Gasteiger partial charge on any atom is 0.119 e. The molecule has 1 rings (SSSR count). The predicted molar refractivity (Wildman–Crippen MR) is 67.2 cm³/mol. The minimum Gasteiger partial charge on any atom is -0.497 e. The van der Waals surface area contributed by atoms with E-state index in [1.807, 2.05) is 12.1 Å². The number of nitrogen functional groups attached to an aromatic ring is 1. The highest BCUT2D eigenvalue weighted by molar-refractivity contribution is 5.41. The summed E-state index contributed by atoms with van der Waals surface area (Å²) in [5.74, 6) is 1.77. The highest BCUT2D eigenvalue weighted by Crippen LogP contribution is 2.11. The van der Waals surface area contributed by atoms with E-state index >= 15 is 0 Å². The van der Waals surface area contributed by atoms with Crippen molar-refractivity contribution < 1.29 is 4.74 Å². The van der Waals surface area contributed by atoms with Gasteiger partial charge in [-0.15, -0.1) is 0 Å². The summed E-state index contributed by atoms with van der Waals surface area (Å²) in [6, 6.07) is 7.27. The van der Waals surface area contributed by atoms with Crippen LogP contribution in [0, 0.1) is 5.92 Å². The molecule has 0 aliphatic carbocycles. The van der Waals surface area contributed by atoms with E-state index in [4.69, 9.17) is 10.5 Å². The van der Waals surface area contributed by atoms with Crippen LogP contribution in [0.4, 0.5) is 5.69 Å². The van der Waals surface area contributed by atoms with Crippen molar-refractivity contribution in [2.75, 3.05) is 12.8 Å². The molecule has 0 saturated carbocycles. The third-order valence-corrected chi connectivity index (χ3v) is 2.51. The van der Waals surface area contributed by atoms with E-state index in [1.165, 1.54) is 12.8 Å². The highest BCUT2D eigenvalue weighted by atomic mass is 16.5. The Morgan fingerprint density at radius 2 is 1.60 bits per heavy atom. The van der Waals surface area contributed by atoms with E-state index < -0.39 is 0 Å². The molecule has 1 aromatic carbocycles. The quantitative estimate of drug-likeness (QED) is 0.770. The van der Waals surface area contributed by atoms with E-state index in [-0.39, 0.29) is 0 Å². The molecule has 86 valence electrons. The summed E-state index contributed by atoms with van der Waals surface area (Å²) in [4.78, 5) is 0. The van der Waals surface area contributed by atoms with Crippen LogP contribution in [0.3, 0.4) is 0 Å². The zero-order valence-corrected chi connectivity index (χ0v) is 10.3. The van der Waals surface area contributed by atoms with Crippen molar-refractivity contribution in [1.29, 1.82) is 0 Å². The zero-order valence-electron chi connectivity index (χ0n) is 10.3. The number of anilines is 1.